The number of hydrazine groups is 1. The molecule has 2 unspecified atom stereocenters. The van der Waals surface area contributed by atoms with Gasteiger partial charge < -0.3 is 10.1 Å². The van der Waals surface area contributed by atoms with Gasteiger partial charge in [0.05, 0.1) is 12.1 Å². The molecule has 0 radical (unpaired) electrons. The summed E-state index contributed by atoms with van der Waals surface area (Å²) in [5.41, 5.74) is 7.37. The lowest BCUT2D eigenvalue weighted by molar-refractivity contribution is -0.122. The van der Waals surface area contributed by atoms with Crippen LogP contribution in [0.5, 0.6) is 5.75 Å². The quantitative estimate of drug-likeness (QED) is 0.519. The summed E-state index contributed by atoms with van der Waals surface area (Å²) in [4.78, 5) is 16.5. The molecule has 1 aromatic heterocycles. The van der Waals surface area contributed by atoms with E-state index >= 15 is 0 Å². The molecule has 1 aromatic carbocycles. The Morgan fingerprint density at radius 2 is 2.24 bits per heavy atom. The van der Waals surface area contributed by atoms with Crippen LogP contribution in [0.25, 0.3) is 0 Å². The van der Waals surface area contributed by atoms with Gasteiger partial charge in [-0.25, -0.2) is 15.8 Å². The van der Waals surface area contributed by atoms with Crippen LogP contribution < -0.4 is 20.9 Å². The lowest BCUT2D eigenvalue weighted by Gasteiger charge is -2.11. The number of aromatic nitrogens is 1. The fourth-order valence-electron chi connectivity index (χ4n) is 2.69. The van der Waals surface area contributed by atoms with Crippen molar-refractivity contribution < 1.29 is 9.53 Å². The zero-order valence-corrected chi connectivity index (χ0v) is 14.9. The molecular weight excluding hydrogens is 336 g/mol. The number of thioether (sulfide) groups is 1. The minimum absolute atomic E-state index is 0.0134. The highest BCUT2D eigenvalue weighted by Crippen LogP contribution is 2.25. The molecule has 0 bridgehead atoms. The van der Waals surface area contributed by atoms with Gasteiger partial charge in [0, 0.05) is 24.5 Å². The third kappa shape index (κ3) is 4.94. The van der Waals surface area contributed by atoms with E-state index in [0.29, 0.717) is 13.0 Å². The minimum atomic E-state index is -0.240. The van der Waals surface area contributed by atoms with Crippen LogP contribution in [0, 0.1) is 0 Å². The zero-order chi connectivity index (χ0) is 17.5. The highest BCUT2D eigenvalue weighted by atomic mass is 32.2. The van der Waals surface area contributed by atoms with Crippen LogP contribution in [-0.4, -0.2) is 36.3 Å². The van der Waals surface area contributed by atoms with Crippen molar-refractivity contribution in [1.29, 1.82) is 0 Å². The van der Waals surface area contributed by atoms with E-state index in [1.807, 2.05) is 42.5 Å². The number of nitrogens with zero attached hydrogens (tertiary/aromatic N) is 1. The van der Waals surface area contributed by atoms with Crippen LogP contribution in [0.1, 0.15) is 18.0 Å². The van der Waals surface area contributed by atoms with Gasteiger partial charge in [-0.2, -0.15) is 0 Å². The second kappa shape index (κ2) is 8.84. The Kier molecular flexibility index (Phi) is 6.27. The number of hydrogen-bond donors (Lipinski definition) is 3. The van der Waals surface area contributed by atoms with Crippen LogP contribution in [-0.2, 0) is 4.79 Å². The molecule has 0 spiro atoms. The number of benzene rings is 1. The second-order valence-electron chi connectivity index (χ2n) is 5.71. The van der Waals surface area contributed by atoms with Crippen molar-refractivity contribution in [2.24, 2.45) is 0 Å². The Bertz CT molecular complexity index is 698. The van der Waals surface area contributed by atoms with Gasteiger partial charge in [0.15, 0.2) is 0 Å². The standard InChI is InChI=1S/C18H22N4O2S/c1-24-14-6-4-5-13(11-14)15-12-16(22-21-15)18(23)20-9-10-25-17-7-2-3-8-19-17/h2-8,11,15-16,21-22H,9-10,12H2,1H3,(H,20,23). The summed E-state index contributed by atoms with van der Waals surface area (Å²) in [7, 11) is 1.65. The molecule has 6 nitrogen and oxygen atoms in total. The predicted molar refractivity (Wildman–Crippen MR) is 98.4 cm³/mol. The summed E-state index contributed by atoms with van der Waals surface area (Å²) in [6.45, 7) is 0.613. The van der Waals surface area contributed by atoms with Gasteiger partial charge in [-0.05, 0) is 36.2 Å². The Balaban J connectivity index is 1.43. The Labute approximate surface area is 151 Å². The molecule has 25 heavy (non-hydrogen) atoms. The van der Waals surface area contributed by atoms with E-state index in [-0.39, 0.29) is 18.0 Å². The van der Waals surface area contributed by atoms with Gasteiger partial charge in [-0.15, -0.1) is 11.8 Å². The van der Waals surface area contributed by atoms with Gasteiger partial charge >= 0.3 is 0 Å². The lowest BCUT2D eigenvalue weighted by Crippen LogP contribution is -2.43. The number of hydrogen-bond acceptors (Lipinski definition) is 6. The van der Waals surface area contributed by atoms with Crippen molar-refractivity contribution in [3.63, 3.8) is 0 Å². The fourth-order valence-corrected chi connectivity index (χ4v) is 3.41. The topological polar surface area (TPSA) is 75.3 Å². The molecule has 3 rings (SSSR count). The van der Waals surface area contributed by atoms with Crippen LogP contribution in [0.4, 0.5) is 0 Å². The second-order valence-corrected chi connectivity index (χ2v) is 6.83. The van der Waals surface area contributed by atoms with Crippen molar-refractivity contribution in [2.75, 3.05) is 19.4 Å². The van der Waals surface area contributed by atoms with Gasteiger partial charge in [0.1, 0.15) is 11.8 Å². The molecular formula is C18H22N4O2S. The van der Waals surface area contributed by atoms with Gasteiger partial charge in [-0.1, -0.05) is 18.2 Å². The Hall–Kier alpha value is -2.09. The third-order valence-electron chi connectivity index (χ3n) is 4.00. The summed E-state index contributed by atoms with van der Waals surface area (Å²) in [5.74, 6) is 1.63. The lowest BCUT2D eigenvalue weighted by atomic mass is 10.0. The van der Waals surface area contributed by atoms with E-state index < -0.39 is 0 Å². The van der Waals surface area contributed by atoms with Crippen molar-refractivity contribution in [1.82, 2.24) is 21.2 Å². The summed E-state index contributed by atoms with van der Waals surface area (Å²) in [6, 6.07) is 13.6. The third-order valence-corrected chi connectivity index (χ3v) is 4.95. The van der Waals surface area contributed by atoms with Gasteiger partial charge in [0.25, 0.3) is 0 Å². The van der Waals surface area contributed by atoms with Crippen molar-refractivity contribution in [2.45, 2.75) is 23.5 Å². The van der Waals surface area contributed by atoms with E-state index in [4.69, 9.17) is 4.74 Å². The molecule has 0 aliphatic carbocycles. The van der Waals surface area contributed by atoms with Crippen molar-refractivity contribution in [3.8, 4) is 5.75 Å². The maximum Gasteiger partial charge on any atom is 0.238 e. The molecule has 3 N–H and O–H groups in total. The average molecular weight is 358 g/mol. The molecule has 1 aliphatic heterocycles. The first-order chi connectivity index (χ1) is 12.3. The monoisotopic (exact) mass is 358 g/mol. The largest absolute Gasteiger partial charge is 0.497 e. The van der Waals surface area contributed by atoms with E-state index in [1.54, 1.807) is 25.1 Å². The van der Waals surface area contributed by atoms with Crippen molar-refractivity contribution in [3.05, 3.63) is 54.2 Å². The maximum atomic E-state index is 12.3. The van der Waals surface area contributed by atoms with Crippen LogP contribution >= 0.6 is 11.8 Å². The zero-order valence-electron chi connectivity index (χ0n) is 14.1. The number of carbonyl (C=O) groups is 1. The summed E-state index contributed by atoms with van der Waals surface area (Å²) >= 11 is 1.63. The molecule has 132 valence electrons. The van der Waals surface area contributed by atoms with Crippen LogP contribution in [0.15, 0.2) is 53.7 Å². The van der Waals surface area contributed by atoms with E-state index in [0.717, 1.165) is 22.1 Å². The Morgan fingerprint density at radius 3 is 3.04 bits per heavy atom. The molecule has 1 saturated heterocycles. The summed E-state index contributed by atoms with van der Waals surface area (Å²) in [6.07, 6.45) is 2.47. The number of pyridine rings is 1. The first kappa shape index (κ1) is 17.7. The van der Waals surface area contributed by atoms with Crippen LogP contribution in [0.3, 0.4) is 0 Å². The number of rotatable bonds is 7. The molecule has 1 aliphatic rings. The van der Waals surface area contributed by atoms with E-state index in [2.05, 4.69) is 21.2 Å². The molecule has 2 atom stereocenters. The number of carbonyl (C=O) groups excluding carboxylic acids is 1. The SMILES string of the molecule is COc1cccc(C2CC(C(=O)NCCSc3ccccn3)NN2)c1. The van der Waals surface area contributed by atoms with E-state index in [9.17, 15) is 4.79 Å². The minimum Gasteiger partial charge on any atom is -0.497 e. The fraction of sp³-hybridized carbons (Fsp3) is 0.333. The summed E-state index contributed by atoms with van der Waals surface area (Å²) < 4.78 is 5.26. The molecule has 1 amide bonds. The van der Waals surface area contributed by atoms with Gasteiger partial charge in [0.2, 0.25) is 5.91 Å². The molecule has 7 heteroatoms. The number of amides is 1. The number of methoxy groups -OCH3 is 1. The van der Waals surface area contributed by atoms with Crippen LogP contribution in [0.2, 0.25) is 0 Å². The summed E-state index contributed by atoms with van der Waals surface area (Å²) in [5, 5.41) is 3.94. The number of ether oxygens (including phenoxy) is 1. The van der Waals surface area contributed by atoms with Crippen molar-refractivity contribution >= 4 is 17.7 Å². The molecule has 2 aromatic rings. The highest BCUT2D eigenvalue weighted by Gasteiger charge is 2.29. The predicted octanol–water partition coefficient (Wildman–Crippen LogP) is 1.91. The first-order valence-electron chi connectivity index (χ1n) is 8.23. The average Bonchev–Trinajstić information content (AvgIpc) is 3.16. The number of nitrogens with one attached hydrogen (secondary N) is 3. The first-order valence-corrected chi connectivity index (χ1v) is 9.21. The molecule has 2 heterocycles. The smallest absolute Gasteiger partial charge is 0.238 e. The Morgan fingerprint density at radius 1 is 1.32 bits per heavy atom. The highest BCUT2D eigenvalue weighted by molar-refractivity contribution is 7.99. The maximum absolute atomic E-state index is 12.3. The van der Waals surface area contributed by atoms with E-state index in [1.165, 1.54) is 0 Å². The molecule has 0 saturated carbocycles. The van der Waals surface area contributed by atoms with Gasteiger partial charge in [-0.3, -0.25) is 4.79 Å². The normalized spacial score (nSPS) is 19.6. The molecule has 1 fully saturated rings.